The highest BCUT2D eigenvalue weighted by molar-refractivity contribution is 5.89. The molecule has 4 heteroatoms. The number of nitrogens with one attached hydrogen (secondary N) is 1. The summed E-state index contributed by atoms with van der Waals surface area (Å²) in [7, 11) is 2.01. The monoisotopic (exact) mass is 255 g/mol. The van der Waals surface area contributed by atoms with E-state index in [2.05, 4.69) is 27.9 Å². The predicted octanol–water partition coefficient (Wildman–Crippen LogP) is 3.04. The number of anilines is 1. The molecule has 2 aromatic rings. The molecule has 1 N–H and O–H groups in total. The standard InChI is InChI=1S/C15H17N3O/c1-11-4-9-15(18(11)3)10-16-13-5-7-14(8-6-13)17-12(2)19/h4-10H,1-3H3,(H,17,19). The van der Waals surface area contributed by atoms with Crippen molar-refractivity contribution in [3.05, 3.63) is 47.8 Å². The van der Waals surface area contributed by atoms with Crippen LogP contribution in [0.5, 0.6) is 0 Å². The smallest absolute Gasteiger partial charge is 0.221 e. The maximum atomic E-state index is 10.9. The topological polar surface area (TPSA) is 46.4 Å². The summed E-state index contributed by atoms with van der Waals surface area (Å²) in [6.45, 7) is 3.55. The minimum atomic E-state index is -0.0736. The van der Waals surface area contributed by atoms with Gasteiger partial charge in [0.05, 0.1) is 17.6 Å². The van der Waals surface area contributed by atoms with Gasteiger partial charge in [0.1, 0.15) is 0 Å². The predicted molar refractivity (Wildman–Crippen MR) is 78.1 cm³/mol. The van der Waals surface area contributed by atoms with Crippen molar-refractivity contribution in [2.75, 3.05) is 5.32 Å². The van der Waals surface area contributed by atoms with E-state index in [4.69, 9.17) is 0 Å². The lowest BCUT2D eigenvalue weighted by molar-refractivity contribution is -0.114. The lowest BCUT2D eigenvalue weighted by Crippen LogP contribution is -2.04. The van der Waals surface area contributed by atoms with E-state index in [9.17, 15) is 4.79 Å². The van der Waals surface area contributed by atoms with Gasteiger partial charge in [-0.3, -0.25) is 9.79 Å². The van der Waals surface area contributed by atoms with E-state index in [1.807, 2.05) is 43.6 Å². The number of carbonyl (C=O) groups excluding carboxylic acids is 1. The van der Waals surface area contributed by atoms with Crippen molar-refractivity contribution < 1.29 is 4.79 Å². The van der Waals surface area contributed by atoms with Gasteiger partial charge in [-0.15, -0.1) is 0 Å². The van der Waals surface area contributed by atoms with Crippen LogP contribution in [0.4, 0.5) is 11.4 Å². The van der Waals surface area contributed by atoms with E-state index in [1.54, 1.807) is 0 Å². The van der Waals surface area contributed by atoms with Crippen molar-refractivity contribution in [2.24, 2.45) is 12.0 Å². The van der Waals surface area contributed by atoms with Gasteiger partial charge in [0.25, 0.3) is 0 Å². The fourth-order valence-electron chi connectivity index (χ4n) is 1.74. The van der Waals surface area contributed by atoms with Crippen LogP contribution in [0, 0.1) is 6.92 Å². The number of rotatable bonds is 3. The number of nitrogens with zero attached hydrogens (tertiary/aromatic N) is 2. The summed E-state index contributed by atoms with van der Waals surface area (Å²) in [5, 5.41) is 2.72. The van der Waals surface area contributed by atoms with Crippen LogP contribution in [0.1, 0.15) is 18.3 Å². The Morgan fingerprint density at radius 1 is 1.21 bits per heavy atom. The van der Waals surface area contributed by atoms with Gasteiger partial charge in [-0.25, -0.2) is 0 Å². The first-order valence-electron chi connectivity index (χ1n) is 6.10. The third-order valence-corrected chi connectivity index (χ3v) is 2.95. The Hall–Kier alpha value is -2.36. The van der Waals surface area contributed by atoms with Gasteiger partial charge in [0.2, 0.25) is 5.91 Å². The molecule has 1 heterocycles. The van der Waals surface area contributed by atoms with Gasteiger partial charge in [-0.2, -0.15) is 0 Å². The van der Waals surface area contributed by atoms with Crippen molar-refractivity contribution in [2.45, 2.75) is 13.8 Å². The van der Waals surface area contributed by atoms with Crippen LogP contribution >= 0.6 is 0 Å². The van der Waals surface area contributed by atoms with Crippen LogP contribution in [0.2, 0.25) is 0 Å². The lowest BCUT2D eigenvalue weighted by atomic mass is 10.3. The van der Waals surface area contributed by atoms with E-state index >= 15 is 0 Å². The summed E-state index contributed by atoms with van der Waals surface area (Å²) < 4.78 is 2.08. The van der Waals surface area contributed by atoms with Gasteiger partial charge in [0, 0.05) is 25.4 Å². The molecule has 1 aromatic heterocycles. The zero-order valence-electron chi connectivity index (χ0n) is 11.3. The third kappa shape index (κ3) is 3.31. The van der Waals surface area contributed by atoms with Crippen LogP contribution in [0.15, 0.2) is 41.4 Å². The lowest BCUT2D eigenvalue weighted by Gasteiger charge is -2.02. The fourth-order valence-corrected chi connectivity index (χ4v) is 1.74. The number of aryl methyl sites for hydroxylation is 1. The van der Waals surface area contributed by atoms with E-state index in [-0.39, 0.29) is 5.91 Å². The maximum Gasteiger partial charge on any atom is 0.221 e. The Labute approximate surface area is 112 Å². The van der Waals surface area contributed by atoms with Crippen molar-refractivity contribution in [1.29, 1.82) is 0 Å². The molecular formula is C15H17N3O. The Balaban J connectivity index is 2.11. The molecule has 0 aliphatic heterocycles. The van der Waals surface area contributed by atoms with Gasteiger partial charge >= 0.3 is 0 Å². The Morgan fingerprint density at radius 2 is 1.89 bits per heavy atom. The summed E-state index contributed by atoms with van der Waals surface area (Å²) in [5.41, 5.74) is 3.89. The van der Waals surface area contributed by atoms with E-state index in [1.165, 1.54) is 12.6 Å². The molecule has 19 heavy (non-hydrogen) atoms. The van der Waals surface area contributed by atoms with E-state index in [0.29, 0.717) is 0 Å². The van der Waals surface area contributed by atoms with Crippen LogP contribution in [-0.4, -0.2) is 16.7 Å². The highest BCUT2D eigenvalue weighted by Crippen LogP contribution is 2.16. The molecule has 1 aromatic carbocycles. The number of aromatic nitrogens is 1. The van der Waals surface area contributed by atoms with Gasteiger partial charge in [0.15, 0.2) is 0 Å². The average Bonchev–Trinajstić information content (AvgIpc) is 2.69. The largest absolute Gasteiger partial charge is 0.347 e. The second-order valence-corrected chi connectivity index (χ2v) is 4.44. The van der Waals surface area contributed by atoms with Crippen molar-refractivity contribution in [3.8, 4) is 0 Å². The Morgan fingerprint density at radius 3 is 2.42 bits per heavy atom. The average molecular weight is 255 g/mol. The fraction of sp³-hybridized carbons (Fsp3) is 0.200. The molecular weight excluding hydrogens is 238 g/mol. The van der Waals surface area contributed by atoms with Crippen molar-refractivity contribution >= 4 is 23.5 Å². The number of hydrogen-bond acceptors (Lipinski definition) is 2. The summed E-state index contributed by atoms with van der Waals surface area (Å²) in [6, 6.07) is 11.5. The molecule has 4 nitrogen and oxygen atoms in total. The summed E-state index contributed by atoms with van der Waals surface area (Å²) in [6.07, 6.45) is 1.83. The second kappa shape index (κ2) is 5.52. The molecule has 98 valence electrons. The number of hydrogen-bond donors (Lipinski definition) is 1. The van der Waals surface area contributed by atoms with Crippen LogP contribution in [0.3, 0.4) is 0 Å². The molecule has 0 atom stereocenters. The molecule has 0 unspecified atom stereocenters. The van der Waals surface area contributed by atoms with E-state index < -0.39 is 0 Å². The number of benzene rings is 1. The molecule has 0 bridgehead atoms. The first-order valence-corrected chi connectivity index (χ1v) is 6.10. The summed E-state index contributed by atoms with van der Waals surface area (Å²) >= 11 is 0. The normalized spacial score (nSPS) is 10.9. The summed E-state index contributed by atoms with van der Waals surface area (Å²) in [5.74, 6) is -0.0736. The molecule has 0 fully saturated rings. The molecule has 0 aliphatic carbocycles. The number of carbonyl (C=O) groups is 1. The minimum absolute atomic E-state index is 0.0736. The third-order valence-electron chi connectivity index (χ3n) is 2.95. The molecule has 0 aliphatic rings. The molecule has 0 radical (unpaired) electrons. The van der Waals surface area contributed by atoms with Gasteiger partial charge in [-0.05, 0) is 43.3 Å². The van der Waals surface area contributed by atoms with Crippen LogP contribution in [-0.2, 0) is 11.8 Å². The maximum absolute atomic E-state index is 10.9. The van der Waals surface area contributed by atoms with Crippen LogP contribution in [0.25, 0.3) is 0 Å². The zero-order valence-corrected chi connectivity index (χ0v) is 11.3. The SMILES string of the molecule is CC(=O)Nc1ccc(N=Cc2ccc(C)n2C)cc1. The summed E-state index contributed by atoms with van der Waals surface area (Å²) in [4.78, 5) is 15.3. The van der Waals surface area contributed by atoms with Crippen molar-refractivity contribution in [3.63, 3.8) is 0 Å². The number of aliphatic imine (C=N–C) groups is 1. The molecule has 0 saturated heterocycles. The Bertz CT molecular complexity index is 609. The Kier molecular flexibility index (Phi) is 3.80. The number of amides is 1. The first-order chi connectivity index (χ1) is 9.06. The van der Waals surface area contributed by atoms with Gasteiger partial charge < -0.3 is 9.88 Å². The van der Waals surface area contributed by atoms with Gasteiger partial charge in [-0.1, -0.05) is 0 Å². The molecule has 1 amide bonds. The molecule has 2 rings (SSSR count). The highest BCUT2D eigenvalue weighted by Gasteiger charge is 1.98. The highest BCUT2D eigenvalue weighted by atomic mass is 16.1. The zero-order chi connectivity index (χ0) is 13.8. The minimum Gasteiger partial charge on any atom is -0.347 e. The van der Waals surface area contributed by atoms with E-state index in [0.717, 1.165) is 17.1 Å². The quantitative estimate of drug-likeness (QED) is 0.842. The molecule has 0 spiro atoms. The second-order valence-electron chi connectivity index (χ2n) is 4.44. The van der Waals surface area contributed by atoms with Crippen molar-refractivity contribution in [1.82, 2.24) is 4.57 Å². The first kappa shape index (κ1) is 13.1. The van der Waals surface area contributed by atoms with Crippen LogP contribution < -0.4 is 5.32 Å². The molecule has 0 saturated carbocycles.